The van der Waals surface area contributed by atoms with E-state index in [0.717, 1.165) is 38.8 Å². The Morgan fingerprint density at radius 1 is 0.328 bits per heavy atom. The van der Waals surface area contributed by atoms with Gasteiger partial charge in [0.25, 0.3) is 0 Å². The molecule has 0 unspecified atom stereocenters. The Labute approximate surface area is 339 Å². The van der Waals surface area contributed by atoms with Crippen LogP contribution in [0.3, 0.4) is 0 Å². The Balaban J connectivity index is 1.12. The van der Waals surface area contributed by atoms with Gasteiger partial charge in [-0.3, -0.25) is 4.57 Å². The quantitative estimate of drug-likeness (QED) is 0.179. The van der Waals surface area contributed by atoms with Crippen molar-refractivity contribution < 1.29 is 0 Å². The predicted molar refractivity (Wildman–Crippen MR) is 245 cm³/mol. The maximum Gasteiger partial charge on any atom is 0.238 e. The topological polar surface area (TPSA) is 48.5 Å². The SMILES string of the molecule is c1ccc(-n2c3ccccc3c3c4c5ccccc5n(-c5nc(-c6ccc7sc8ccccc8c7c6)nc(-c6ccc7sc8ccccc8c7c6)n5)c4ccc32)cc1. The number of thiophene rings is 2. The van der Waals surface area contributed by atoms with Crippen LogP contribution in [-0.4, -0.2) is 24.1 Å². The summed E-state index contributed by atoms with van der Waals surface area (Å²) in [6.45, 7) is 0. The summed E-state index contributed by atoms with van der Waals surface area (Å²) < 4.78 is 9.65. The van der Waals surface area contributed by atoms with E-state index in [9.17, 15) is 0 Å². The van der Waals surface area contributed by atoms with Crippen LogP contribution in [0.15, 0.2) is 176 Å². The van der Waals surface area contributed by atoms with Crippen molar-refractivity contribution in [3.05, 3.63) is 176 Å². The van der Waals surface area contributed by atoms with Crippen molar-refractivity contribution in [2.75, 3.05) is 0 Å². The fourth-order valence-corrected chi connectivity index (χ4v) is 11.2. The third-order valence-corrected chi connectivity index (χ3v) is 13.9. The van der Waals surface area contributed by atoms with Crippen LogP contribution >= 0.6 is 22.7 Å². The fraction of sp³-hybridized carbons (Fsp3) is 0. The molecule has 0 amide bonds. The van der Waals surface area contributed by atoms with Crippen LogP contribution in [0.1, 0.15) is 0 Å². The lowest BCUT2D eigenvalue weighted by Gasteiger charge is -2.11. The number of para-hydroxylation sites is 3. The molecule has 13 rings (SSSR count). The smallest absolute Gasteiger partial charge is 0.238 e. The van der Waals surface area contributed by atoms with Crippen LogP contribution in [-0.2, 0) is 0 Å². The molecule has 270 valence electrons. The maximum absolute atomic E-state index is 5.38. The Kier molecular flexibility index (Phi) is 6.70. The zero-order chi connectivity index (χ0) is 37.9. The number of fused-ring (bicyclic) bond motifs is 13. The molecule has 0 atom stereocenters. The summed E-state index contributed by atoms with van der Waals surface area (Å²) in [5.74, 6) is 1.86. The third-order valence-electron chi connectivity index (χ3n) is 11.6. The molecule has 8 aromatic carbocycles. The second kappa shape index (κ2) is 12.2. The molecule has 0 aliphatic rings. The molecule has 0 saturated heterocycles. The van der Waals surface area contributed by atoms with Crippen molar-refractivity contribution in [2.45, 2.75) is 0 Å². The molecule has 7 heteroatoms. The number of hydrogen-bond acceptors (Lipinski definition) is 5. The summed E-state index contributed by atoms with van der Waals surface area (Å²) in [4.78, 5) is 16.0. The molecule has 13 aromatic rings. The normalized spacial score (nSPS) is 12.1. The molecule has 0 fully saturated rings. The minimum absolute atomic E-state index is 0.586. The molecule has 5 nitrogen and oxygen atoms in total. The first-order chi connectivity index (χ1) is 28.7. The zero-order valence-corrected chi connectivity index (χ0v) is 32.4. The summed E-state index contributed by atoms with van der Waals surface area (Å²) >= 11 is 3.63. The van der Waals surface area contributed by atoms with E-state index in [1.54, 1.807) is 0 Å². The molecule has 0 aliphatic carbocycles. The van der Waals surface area contributed by atoms with Crippen molar-refractivity contribution in [1.29, 1.82) is 0 Å². The van der Waals surface area contributed by atoms with Crippen LogP contribution < -0.4 is 0 Å². The van der Waals surface area contributed by atoms with Crippen molar-refractivity contribution in [1.82, 2.24) is 24.1 Å². The van der Waals surface area contributed by atoms with Crippen molar-refractivity contribution in [2.24, 2.45) is 0 Å². The highest BCUT2D eigenvalue weighted by atomic mass is 32.1. The van der Waals surface area contributed by atoms with Crippen molar-refractivity contribution in [3.8, 4) is 34.4 Å². The van der Waals surface area contributed by atoms with E-state index in [1.807, 2.05) is 22.7 Å². The number of aromatic nitrogens is 5. The van der Waals surface area contributed by atoms with E-state index >= 15 is 0 Å². The molecule has 5 heterocycles. The molecule has 0 saturated carbocycles. The van der Waals surface area contributed by atoms with Gasteiger partial charge < -0.3 is 4.57 Å². The summed E-state index contributed by atoms with van der Waals surface area (Å²) in [6.07, 6.45) is 0. The summed E-state index contributed by atoms with van der Waals surface area (Å²) in [5.41, 5.74) is 7.47. The van der Waals surface area contributed by atoms with Crippen molar-refractivity contribution in [3.63, 3.8) is 0 Å². The highest BCUT2D eigenvalue weighted by Gasteiger charge is 2.23. The van der Waals surface area contributed by atoms with Crippen molar-refractivity contribution >= 4 is 107 Å². The molecule has 0 bridgehead atoms. The van der Waals surface area contributed by atoms with Crippen LogP contribution in [0.4, 0.5) is 0 Å². The lowest BCUT2D eigenvalue weighted by Crippen LogP contribution is -2.06. The van der Waals surface area contributed by atoms with E-state index < -0.39 is 0 Å². The summed E-state index contributed by atoms with van der Waals surface area (Å²) in [6, 6.07) is 63.0. The van der Waals surface area contributed by atoms with Gasteiger partial charge in [-0.15, -0.1) is 22.7 Å². The first-order valence-electron chi connectivity index (χ1n) is 19.4. The van der Waals surface area contributed by atoms with Gasteiger partial charge in [0.2, 0.25) is 5.95 Å². The van der Waals surface area contributed by atoms with Gasteiger partial charge in [-0.05, 0) is 84.9 Å². The van der Waals surface area contributed by atoms with E-state index in [1.165, 1.54) is 62.0 Å². The minimum atomic E-state index is 0.586. The summed E-state index contributed by atoms with van der Waals surface area (Å²) in [5, 5.41) is 9.67. The Bertz CT molecular complexity index is 3680. The zero-order valence-electron chi connectivity index (χ0n) is 30.8. The van der Waals surface area contributed by atoms with Gasteiger partial charge in [0, 0.05) is 78.7 Å². The average molecular weight is 776 g/mol. The van der Waals surface area contributed by atoms with E-state index in [4.69, 9.17) is 15.0 Å². The van der Waals surface area contributed by atoms with E-state index in [2.05, 4.69) is 185 Å². The maximum atomic E-state index is 5.38. The highest BCUT2D eigenvalue weighted by Crippen LogP contribution is 2.43. The highest BCUT2D eigenvalue weighted by molar-refractivity contribution is 7.26. The Morgan fingerprint density at radius 2 is 0.776 bits per heavy atom. The second-order valence-corrected chi connectivity index (χ2v) is 17.0. The Hall–Kier alpha value is -7.19. The lowest BCUT2D eigenvalue weighted by atomic mass is 10.1. The summed E-state index contributed by atoms with van der Waals surface area (Å²) in [7, 11) is 0. The van der Waals surface area contributed by atoms with Crippen LogP contribution in [0.2, 0.25) is 0 Å². The second-order valence-electron chi connectivity index (χ2n) is 14.8. The molecule has 5 aromatic heterocycles. The van der Waals surface area contributed by atoms with Gasteiger partial charge >= 0.3 is 0 Å². The van der Waals surface area contributed by atoms with Gasteiger partial charge in [0.1, 0.15) is 0 Å². The van der Waals surface area contributed by atoms with Crippen LogP contribution in [0.25, 0.3) is 118 Å². The lowest BCUT2D eigenvalue weighted by molar-refractivity contribution is 0.954. The molecular weight excluding hydrogens is 747 g/mol. The van der Waals surface area contributed by atoms with E-state index in [-0.39, 0.29) is 0 Å². The first kappa shape index (κ1) is 32.0. The molecular formula is C51H29N5S2. The molecule has 58 heavy (non-hydrogen) atoms. The van der Waals surface area contributed by atoms with Gasteiger partial charge in [0.05, 0.1) is 22.1 Å². The molecule has 0 radical (unpaired) electrons. The fourth-order valence-electron chi connectivity index (χ4n) is 9.04. The van der Waals surface area contributed by atoms with Gasteiger partial charge in [0.15, 0.2) is 11.6 Å². The van der Waals surface area contributed by atoms with Gasteiger partial charge in [-0.25, -0.2) is 4.98 Å². The third kappa shape index (κ3) is 4.60. The number of nitrogens with zero attached hydrogens (tertiary/aromatic N) is 5. The van der Waals surface area contributed by atoms with Crippen LogP contribution in [0.5, 0.6) is 0 Å². The van der Waals surface area contributed by atoms with Gasteiger partial charge in [-0.2, -0.15) is 9.97 Å². The molecule has 0 N–H and O–H groups in total. The number of hydrogen-bond donors (Lipinski definition) is 0. The largest absolute Gasteiger partial charge is 0.309 e. The van der Waals surface area contributed by atoms with E-state index in [0.29, 0.717) is 17.6 Å². The van der Waals surface area contributed by atoms with Crippen LogP contribution in [0, 0.1) is 0 Å². The monoisotopic (exact) mass is 775 g/mol. The number of benzene rings is 8. The Morgan fingerprint density at radius 3 is 1.34 bits per heavy atom. The average Bonchev–Trinajstić information content (AvgIpc) is 4.03. The first-order valence-corrected chi connectivity index (χ1v) is 21.0. The predicted octanol–water partition coefficient (Wildman–Crippen LogP) is 14.1. The number of rotatable bonds is 4. The minimum Gasteiger partial charge on any atom is -0.309 e. The standard InChI is InChI=1S/C51H29N5S2/c1-2-12-32(13-3-1)55-39-18-8-4-16-35(39)47-41(55)24-25-42-48(47)36-17-5-9-19-40(36)56(42)51-53-49(30-22-26-45-37(28-30)33-14-6-10-20-43(33)57-45)52-50(54-51)31-23-27-46-38(29-31)34-15-7-11-21-44(34)58-46/h1-29H. The molecule has 0 aliphatic heterocycles. The molecule has 0 spiro atoms. The van der Waals surface area contributed by atoms with Gasteiger partial charge in [-0.1, -0.05) is 91.0 Å².